The predicted molar refractivity (Wildman–Crippen MR) is 56.4 cm³/mol. The van der Waals surface area contributed by atoms with Gasteiger partial charge in [0.25, 0.3) is 0 Å². The molecule has 88 valence electrons. The predicted octanol–water partition coefficient (Wildman–Crippen LogP) is 1.93. The van der Waals surface area contributed by atoms with Crippen LogP contribution in [0.3, 0.4) is 0 Å². The van der Waals surface area contributed by atoms with E-state index in [0.29, 0.717) is 13.0 Å². The summed E-state index contributed by atoms with van der Waals surface area (Å²) in [4.78, 5) is 22.0. The molecule has 0 amide bonds. The van der Waals surface area contributed by atoms with Gasteiger partial charge in [-0.25, -0.2) is 0 Å². The minimum Gasteiger partial charge on any atom is -0.481 e. The molecule has 3 unspecified atom stereocenters. The van der Waals surface area contributed by atoms with Gasteiger partial charge in [0.15, 0.2) is 0 Å². The molecule has 0 aliphatic heterocycles. The Hall–Kier alpha value is -1.06. The summed E-state index contributed by atoms with van der Waals surface area (Å²) in [7, 11) is 0. The molecule has 0 aliphatic carbocycles. The van der Waals surface area contributed by atoms with Gasteiger partial charge in [0.05, 0.1) is 18.4 Å². The molecule has 0 aromatic heterocycles. The maximum atomic E-state index is 11.3. The van der Waals surface area contributed by atoms with Crippen LogP contribution < -0.4 is 0 Å². The molecule has 0 radical (unpaired) electrons. The number of carboxylic acid groups (broad SMARTS) is 1. The van der Waals surface area contributed by atoms with Gasteiger partial charge in [0.1, 0.15) is 0 Å². The Balaban J connectivity index is 4.11. The Labute approximate surface area is 90.6 Å². The van der Waals surface area contributed by atoms with Gasteiger partial charge in [-0.05, 0) is 19.3 Å². The van der Waals surface area contributed by atoms with E-state index in [1.807, 2.05) is 6.92 Å². The van der Waals surface area contributed by atoms with Gasteiger partial charge >= 0.3 is 11.9 Å². The van der Waals surface area contributed by atoms with Crippen molar-refractivity contribution in [3.8, 4) is 0 Å². The number of aliphatic carboxylic acids is 1. The van der Waals surface area contributed by atoms with E-state index in [2.05, 4.69) is 0 Å². The van der Waals surface area contributed by atoms with Crippen LogP contribution in [0.1, 0.15) is 34.1 Å². The van der Waals surface area contributed by atoms with E-state index < -0.39 is 11.9 Å². The highest BCUT2D eigenvalue weighted by molar-refractivity contribution is 5.72. The second-order valence-corrected chi connectivity index (χ2v) is 3.99. The van der Waals surface area contributed by atoms with Gasteiger partial charge in [0, 0.05) is 0 Å². The molecule has 0 heterocycles. The molecule has 3 atom stereocenters. The summed E-state index contributed by atoms with van der Waals surface area (Å²) in [5, 5.41) is 8.79. The fourth-order valence-electron chi connectivity index (χ4n) is 1.39. The van der Waals surface area contributed by atoms with Crippen LogP contribution in [-0.4, -0.2) is 23.7 Å². The van der Waals surface area contributed by atoms with Crippen molar-refractivity contribution in [1.82, 2.24) is 0 Å². The van der Waals surface area contributed by atoms with Gasteiger partial charge in [0.2, 0.25) is 0 Å². The first-order valence-electron chi connectivity index (χ1n) is 5.29. The summed E-state index contributed by atoms with van der Waals surface area (Å²) in [6.45, 7) is 7.39. The lowest BCUT2D eigenvalue weighted by Gasteiger charge is -2.19. The van der Waals surface area contributed by atoms with Crippen molar-refractivity contribution in [2.24, 2.45) is 17.8 Å². The summed E-state index contributed by atoms with van der Waals surface area (Å²) < 4.78 is 4.86. The first kappa shape index (κ1) is 13.9. The summed E-state index contributed by atoms with van der Waals surface area (Å²) in [6.07, 6.45) is 0.548. The molecule has 0 bridgehead atoms. The Bertz CT molecular complexity index is 225. The van der Waals surface area contributed by atoms with Crippen LogP contribution in [0.15, 0.2) is 0 Å². The topological polar surface area (TPSA) is 63.6 Å². The quantitative estimate of drug-likeness (QED) is 0.689. The molecule has 4 nitrogen and oxygen atoms in total. The molecule has 0 saturated heterocycles. The summed E-state index contributed by atoms with van der Waals surface area (Å²) in [6, 6.07) is 0. The third-order valence-electron chi connectivity index (χ3n) is 2.66. The number of carbonyl (C=O) groups is 2. The van der Waals surface area contributed by atoms with Gasteiger partial charge in [-0.15, -0.1) is 0 Å². The Morgan fingerprint density at radius 3 is 2.20 bits per heavy atom. The van der Waals surface area contributed by atoms with Crippen LogP contribution in [0.4, 0.5) is 0 Å². The molecule has 0 rings (SSSR count). The SMILES string of the molecule is CCOC(=O)C(C)CC(C)C(C)C(=O)O. The highest BCUT2D eigenvalue weighted by atomic mass is 16.5. The van der Waals surface area contributed by atoms with E-state index in [0.717, 1.165) is 0 Å². The zero-order valence-corrected chi connectivity index (χ0v) is 9.82. The number of esters is 1. The van der Waals surface area contributed by atoms with Gasteiger partial charge < -0.3 is 9.84 Å². The maximum Gasteiger partial charge on any atom is 0.308 e. The van der Waals surface area contributed by atoms with Crippen molar-refractivity contribution in [2.45, 2.75) is 34.1 Å². The largest absolute Gasteiger partial charge is 0.481 e. The van der Waals surface area contributed by atoms with Crippen molar-refractivity contribution in [2.75, 3.05) is 6.61 Å². The molecule has 1 N–H and O–H groups in total. The number of hydrogen-bond acceptors (Lipinski definition) is 3. The fourth-order valence-corrected chi connectivity index (χ4v) is 1.39. The lowest BCUT2D eigenvalue weighted by atomic mass is 9.87. The first-order chi connectivity index (χ1) is 6.90. The van der Waals surface area contributed by atoms with Crippen LogP contribution in [-0.2, 0) is 14.3 Å². The molecule has 0 aromatic rings. The normalized spacial score (nSPS) is 16.5. The molecule has 0 aromatic carbocycles. The molecular formula is C11H20O4. The van der Waals surface area contributed by atoms with Crippen LogP contribution in [0.5, 0.6) is 0 Å². The molecular weight excluding hydrogens is 196 g/mol. The molecule has 0 fully saturated rings. The average Bonchev–Trinajstić information content (AvgIpc) is 2.16. The lowest BCUT2D eigenvalue weighted by molar-refractivity contribution is -0.149. The van der Waals surface area contributed by atoms with E-state index in [4.69, 9.17) is 9.84 Å². The second-order valence-electron chi connectivity index (χ2n) is 3.99. The zero-order valence-electron chi connectivity index (χ0n) is 9.82. The molecule has 4 heteroatoms. The lowest BCUT2D eigenvalue weighted by Crippen LogP contribution is -2.23. The van der Waals surface area contributed by atoms with E-state index >= 15 is 0 Å². The van der Waals surface area contributed by atoms with E-state index in [9.17, 15) is 9.59 Å². The Morgan fingerprint density at radius 1 is 1.27 bits per heavy atom. The Morgan fingerprint density at radius 2 is 1.80 bits per heavy atom. The van der Waals surface area contributed by atoms with Crippen LogP contribution in [0.2, 0.25) is 0 Å². The fraction of sp³-hybridized carbons (Fsp3) is 0.818. The van der Waals surface area contributed by atoms with E-state index in [1.54, 1.807) is 20.8 Å². The third kappa shape index (κ3) is 4.81. The second kappa shape index (κ2) is 6.43. The molecule has 0 spiro atoms. The van der Waals surface area contributed by atoms with Gasteiger partial charge in [-0.3, -0.25) is 9.59 Å². The minimum atomic E-state index is -0.821. The number of hydrogen-bond donors (Lipinski definition) is 1. The molecule has 15 heavy (non-hydrogen) atoms. The van der Waals surface area contributed by atoms with E-state index in [1.165, 1.54) is 0 Å². The number of ether oxygens (including phenoxy) is 1. The van der Waals surface area contributed by atoms with Crippen molar-refractivity contribution >= 4 is 11.9 Å². The van der Waals surface area contributed by atoms with Crippen molar-refractivity contribution in [3.05, 3.63) is 0 Å². The number of rotatable bonds is 6. The average molecular weight is 216 g/mol. The number of carbonyl (C=O) groups excluding carboxylic acids is 1. The van der Waals surface area contributed by atoms with Crippen LogP contribution >= 0.6 is 0 Å². The van der Waals surface area contributed by atoms with Gasteiger partial charge in [-0.1, -0.05) is 20.8 Å². The van der Waals surface area contributed by atoms with Crippen molar-refractivity contribution < 1.29 is 19.4 Å². The maximum absolute atomic E-state index is 11.3. The van der Waals surface area contributed by atoms with Gasteiger partial charge in [-0.2, -0.15) is 0 Å². The minimum absolute atomic E-state index is 0.0260. The monoisotopic (exact) mass is 216 g/mol. The highest BCUT2D eigenvalue weighted by Gasteiger charge is 2.24. The number of carboxylic acids is 1. The van der Waals surface area contributed by atoms with Crippen molar-refractivity contribution in [1.29, 1.82) is 0 Å². The first-order valence-corrected chi connectivity index (χ1v) is 5.29. The molecule has 0 aliphatic rings. The van der Waals surface area contributed by atoms with Crippen LogP contribution in [0.25, 0.3) is 0 Å². The van der Waals surface area contributed by atoms with Crippen LogP contribution in [0, 0.1) is 17.8 Å². The summed E-state index contributed by atoms with van der Waals surface area (Å²) in [5.74, 6) is -1.76. The van der Waals surface area contributed by atoms with E-state index in [-0.39, 0.29) is 17.8 Å². The zero-order chi connectivity index (χ0) is 12.0. The summed E-state index contributed by atoms with van der Waals surface area (Å²) >= 11 is 0. The smallest absolute Gasteiger partial charge is 0.308 e. The summed E-state index contributed by atoms with van der Waals surface area (Å²) in [5.41, 5.74) is 0. The standard InChI is InChI=1S/C11H20O4/c1-5-15-11(14)8(3)6-7(2)9(4)10(12)13/h7-9H,5-6H2,1-4H3,(H,12,13). The molecule has 0 saturated carbocycles. The Kier molecular flexibility index (Phi) is 5.97. The third-order valence-corrected chi connectivity index (χ3v) is 2.66. The highest BCUT2D eigenvalue weighted by Crippen LogP contribution is 2.21. The van der Waals surface area contributed by atoms with Crippen molar-refractivity contribution in [3.63, 3.8) is 0 Å².